The van der Waals surface area contributed by atoms with Crippen LogP contribution in [0.15, 0.2) is 25.1 Å². The molecule has 2 aromatic rings. The van der Waals surface area contributed by atoms with Crippen molar-refractivity contribution in [1.82, 2.24) is 14.3 Å². The lowest BCUT2D eigenvalue weighted by Gasteiger charge is -2.13. The quantitative estimate of drug-likeness (QED) is 0.853. The molecule has 2 aromatic heterocycles. The van der Waals surface area contributed by atoms with Crippen LogP contribution in [0.25, 0.3) is 11.0 Å². The van der Waals surface area contributed by atoms with Crippen molar-refractivity contribution in [2.75, 3.05) is 19.0 Å². The zero-order chi connectivity index (χ0) is 14.1. The lowest BCUT2D eigenvalue weighted by atomic mass is 10.1. The first kappa shape index (κ1) is 13.1. The van der Waals surface area contributed by atoms with E-state index in [2.05, 4.69) is 33.8 Å². The van der Waals surface area contributed by atoms with Crippen LogP contribution in [-0.2, 0) is 11.8 Å². The van der Waals surface area contributed by atoms with Crippen molar-refractivity contribution in [2.24, 2.45) is 13.0 Å². The van der Waals surface area contributed by atoms with E-state index in [4.69, 9.17) is 4.74 Å². The maximum absolute atomic E-state index is 5.34. The van der Waals surface area contributed by atoms with Gasteiger partial charge in [0.1, 0.15) is 5.82 Å². The number of nitrogens with zero attached hydrogens (tertiary/aromatic N) is 3. The summed E-state index contributed by atoms with van der Waals surface area (Å²) in [5.74, 6) is 1.70. The molecule has 1 aliphatic rings. The van der Waals surface area contributed by atoms with Gasteiger partial charge in [0.25, 0.3) is 0 Å². The number of fused-ring (bicyclic) bond motifs is 1. The lowest BCUT2D eigenvalue weighted by Crippen LogP contribution is -2.07. The van der Waals surface area contributed by atoms with Crippen LogP contribution in [0.5, 0.6) is 0 Å². The number of rotatable bonds is 5. The Labute approximate surface area is 119 Å². The zero-order valence-corrected chi connectivity index (χ0v) is 12.2. The molecular formula is C15H22N4O. The summed E-state index contributed by atoms with van der Waals surface area (Å²) in [6.07, 6.45) is 7.27. The zero-order valence-electron chi connectivity index (χ0n) is 12.2. The summed E-state index contributed by atoms with van der Waals surface area (Å²) >= 11 is 0. The summed E-state index contributed by atoms with van der Waals surface area (Å²) in [5, 5.41) is 9.06. The van der Waals surface area contributed by atoms with Gasteiger partial charge in [0.05, 0.1) is 18.3 Å². The highest BCUT2D eigenvalue weighted by Crippen LogP contribution is 2.37. The molecule has 0 aromatic carbocycles. The van der Waals surface area contributed by atoms with Crippen molar-refractivity contribution in [3.63, 3.8) is 0 Å². The second-order valence-electron chi connectivity index (χ2n) is 5.52. The largest absolute Gasteiger partial charge is 0.502 e. The smallest absolute Gasteiger partial charge is 0.164 e. The minimum absolute atomic E-state index is 0.533. The molecule has 0 bridgehead atoms. The van der Waals surface area contributed by atoms with E-state index in [1.54, 1.807) is 6.26 Å². The third-order valence-electron chi connectivity index (χ3n) is 4.30. The number of hydrogen-bond donors (Lipinski definition) is 1. The summed E-state index contributed by atoms with van der Waals surface area (Å²) in [4.78, 5) is 0. The van der Waals surface area contributed by atoms with E-state index in [0.717, 1.165) is 24.5 Å². The minimum atomic E-state index is 0.533. The molecule has 0 saturated heterocycles. The summed E-state index contributed by atoms with van der Waals surface area (Å²) < 4.78 is 9.57. The van der Waals surface area contributed by atoms with Gasteiger partial charge in [-0.25, -0.2) is 0 Å². The van der Waals surface area contributed by atoms with Crippen molar-refractivity contribution in [2.45, 2.75) is 25.3 Å². The van der Waals surface area contributed by atoms with Crippen LogP contribution in [0.1, 0.15) is 25.3 Å². The summed E-state index contributed by atoms with van der Waals surface area (Å²) in [6.45, 7) is 4.39. The SMILES string of the molecule is C=COCC1CCC(n2ccc3c(NC)n(C)nc32)C1. The van der Waals surface area contributed by atoms with Gasteiger partial charge < -0.3 is 14.6 Å². The third kappa shape index (κ3) is 2.07. The predicted molar refractivity (Wildman–Crippen MR) is 80.8 cm³/mol. The van der Waals surface area contributed by atoms with Gasteiger partial charge in [-0.1, -0.05) is 6.58 Å². The third-order valence-corrected chi connectivity index (χ3v) is 4.30. The van der Waals surface area contributed by atoms with Gasteiger partial charge in [0, 0.05) is 26.3 Å². The standard InChI is InChI=1S/C15H22N4O/c1-4-20-10-11-5-6-12(9-11)19-8-7-13-14(16-2)18(3)17-15(13)19/h4,7-8,11-12,16H,1,5-6,9-10H2,2-3H3. The fourth-order valence-corrected chi connectivity index (χ4v) is 3.34. The average molecular weight is 274 g/mol. The molecule has 0 radical (unpaired) electrons. The molecule has 0 spiro atoms. The number of anilines is 1. The Kier molecular flexibility index (Phi) is 3.42. The van der Waals surface area contributed by atoms with E-state index in [-0.39, 0.29) is 0 Å². The summed E-state index contributed by atoms with van der Waals surface area (Å²) in [5.41, 5.74) is 1.08. The van der Waals surface area contributed by atoms with Gasteiger partial charge in [0.15, 0.2) is 5.65 Å². The first-order valence-electron chi connectivity index (χ1n) is 7.18. The maximum Gasteiger partial charge on any atom is 0.164 e. The molecule has 108 valence electrons. The van der Waals surface area contributed by atoms with Crippen molar-refractivity contribution < 1.29 is 4.74 Å². The number of aryl methyl sites for hydroxylation is 1. The topological polar surface area (TPSA) is 44.0 Å². The Bertz CT molecular complexity index is 613. The molecule has 1 saturated carbocycles. The summed E-state index contributed by atoms with van der Waals surface area (Å²) in [7, 11) is 3.91. The summed E-state index contributed by atoms with van der Waals surface area (Å²) in [6, 6.07) is 2.69. The molecule has 2 atom stereocenters. The lowest BCUT2D eigenvalue weighted by molar-refractivity contribution is 0.195. The number of ether oxygens (including phenoxy) is 1. The predicted octanol–water partition coefficient (Wildman–Crippen LogP) is 2.92. The van der Waals surface area contributed by atoms with Crippen LogP contribution < -0.4 is 5.32 Å². The van der Waals surface area contributed by atoms with Crippen molar-refractivity contribution in [3.8, 4) is 0 Å². The Morgan fingerprint density at radius 1 is 1.55 bits per heavy atom. The highest BCUT2D eigenvalue weighted by Gasteiger charge is 2.28. The number of hydrogen-bond acceptors (Lipinski definition) is 3. The van der Waals surface area contributed by atoms with Gasteiger partial charge in [0.2, 0.25) is 0 Å². The normalized spacial score (nSPS) is 22.3. The van der Waals surface area contributed by atoms with Crippen LogP contribution in [0.2, 0.25) is 0 Å². The van der Waals surface area contributed by atoms with E-state index < -0.39 is 0 Å². The minimum Gasteiger partial charge on any atom is -0.502 e. The van der Waals surface area contributed by atoms with Gasteiger partial charge in [-0.3, -0.25) is 4.68 Å². The van der Waals surface area contributed by atoms with E-state index in [9.17, 15) is 0 Å². The van der Waals surface area contributed by atoms with E-state index in [1.165, 1.54) is 18.2 Å². The fourth-order valence-electron chi connectivity index (χ4n) is 3.34. The van der Waals surface area contributed by atoms with Gasteiger partial charge >= 0.3 is 0 Å². The molecule has 1 fully saturated rings. The molecule has 5 heteroatoms. The fraction of sp³-hybridized carbons (Fsp3) is 0.533. The molecule has 2 heterocycles. The molecular weight excluding hydrogens is 252 g/mol. The second-order valence-corrected chi connectivity index (χ2v) is 5.52. The highest BCUT2D eigenvalue weighted by atomic mass is 16.5. The second kappa shape index (κ2) is 5.23. The van der Waals surface area contributed by atoms with Crippen LogP contribution >= 0.6 is 0 Å². The van der Waals surface area contributed by atoms with Gasteiger partial charge in [-0.05, 0) is 31.2 Å². The Balaban J connectivity index is 1.83. The van der Waals surface area contributed by atoms with Crippen molar-refractivity contribution >= 4 is 16.9 Å². The molecule has 20 heavy (non-hydrogen) atoms. The van der Waals surface area contributed by atoms with Crippen molar-refractivity contribution in [1.29, 1.82) is 0 Å². The van der Waals surface area contributed by atoms with Gasteiger partial charge in [-0.2, -0.15) is 5.10 Å². The van der Waals surface area contributed by atoms with E-state index in [1.807, 2.05) is 18.8 Å². The molecule has 0 aliphatic heterocycles. The van der Waals surface area contributed by atoms with Crippen LogP contribution in [0.4, 0.5) is 5.82 Å². The number of nitrogens with one attached hydrogen (secondary N) is 1. The van der Waals surface area contributed by atoms with Crippen LogP contribution in [-0.4, -0.2) is 28.0 Å². The van der Waals surface area contributed by atoms with E-state index >= 15 is 0 Å². The first-order valence-corrected chi connectivity index (χ1v) is 7.18. The van der Waals surface area contributed by atoms with Crippen molar-refractivity contribution in [3.05, 3.63) is 25.1 Å². The van der Waals surface area contributed by atoms with E-state index in [0.29, 0.717) is 12.0 Å². The highest BCUT2D eigenvalue weighted by molar-refractivity contribution is 5.88. The Hall–Kier alpha value is -1.91. The van der Waals surface area contributed by atoms with Crippen LogP contribution in [0, 0.1) is 5.92 Å². The maximum atomic E-state index is 5.34. The first-order chi connectivity index (χ1) is 9.74. The molecule has 1 N–H and O–H groups in total. The average Bonchev–Trinajstić information content (AvgIpc) is 3.10. The molecule has 1 aliphatic carbocycles. The Morgan fingerprint density at radius 3 is 3.15 bits per heavy atom. The number of aromatic nitrogens is 3. The molecule has 5 nitrogen and oxygen atoms in total. The molecule has 0 amide bonds. The van der Waals surface area contributed by atoms with Gasteiger partial charge in [-0.15, -0.1) is 0 Å². The van der Waals surface area contributed by atoms with Crippen LogP contribution in [0.3, 0.4) is 0 Å². The molecule has 2 unspecified atom stereocenters. The Morgan fingerprint density at radius 2 is 2.40 bits per heavy atom. The molecule has 3 rings (SSSR count). The monoisotopic (exact) mass is 274 g/mol.